The number of ether oxygens (including phenoxy) is 1. The molecule has 1 aromatic carbocycles. The molecule has 0 N–H and O–H groups in total. The van der Waals surface area contributed by atoms with Crippen LogP contribution >= 0.6 is 0 Å². The van der Waals surface area contributed by atoms with Crippen molar-refractivity contribution >= 4 is 11.8 Å². The second kappa shape index (κ2) is 6.89. The van der Waals surface area contributed by atoms with Crippen molar-refractivity contribution in [1.29, 1.82) is 0 Å². The molecule has 0 aliphatic carbocycles. The Labute approximate surface area is 141 Å². The molecule has 2 heterocycles. The van der Waals surface area contributed by atoms with Crippen LogP contribution in [0.4, 0.5) is 4.39 Å². The average Bonchev–Trinajstić information content (AvgIpc) is 2.89. The van der Waals surface area contributed by atoms with Gasteiger partial charge in [-0.3, -0.25) is 9.59 Å². The number of halogens is 1. The second-order valence-corrected chi connectivity index (χ2v) is 6.77. The smallest absolute Gasteiger partial charge is 0.228 e. The van der Waals surface area contributed by atoms with Crippen LogP contribution in [-0.2, 0) is 20.9 Å². The number of morpholine rings is 1. The van der Waals surface area contributed by atoms with E-state index in [4.69, 9.17) is 4.74 Å². The summed E-state index contributed by atoms with van der Waals surface area (Å²) in [4.78, 5) is 28.3. The van der Waals surface area contributed by atoms with Gasteiger partial charge in [-0.1, -0.05) is 18.2 Å². The lowest BCUT2D eigenvalue weighted by Gasteiger charge is -2.36. The summed E-state index contributed by atoms with van der Waals surface area (Å²) in [6.07, 6.45) is 0.210. The van der Waals surface area contributed by atoms with Gasteiger partial charge in [0.15, 0.2) is 0 Å². The molecule has 3 rings (SSSR count). The van der Waals surface area contributed by atoms with Gasteiger partial charge in [-0.2, -0.15) is 0 Å². The van der Waals surface area contributed by atoms with Crippen LogP contribution in [0.1, 0.15) is 25.8 Å². The molecule has 2 aliphatic heterocycles. The van der Waals surface area contributed by atoms with Crippen LogP contribution in [0, 0.1) is 11.7 Å². The third kappa shape index (κ3) is 3.59. The molecule has 3 unspecified atom stereocenters. The van der Waals surface area contributed by atoms with Gasteiger partial charge in [0.2, 0.25) is 11.8 Å². The number of carbonyl (C=O) groups excluding carboxylic acids is 2. The maximum Gasteiger partial charge on any atom is 0.228 e. The summed E-state index contributed by atoms with van der Waals surface area (Å²) in [6, 6.07) is 6.42. The minimum Gasteiger partial charge on any atom is -0.372 e. The standard InChI is InChI=1S/C18H23FN2O3/c1-12-8-21(9-13(2)24-12)18(23)15-7-17(22)20(11-15)10-14-5-3-4-6-16(14)19/h3-6,12-13,15H,7-11H2,1-2H3. The molecule has 2 fully saturated rings. The molecule has 0 bridgehead atoms. The third-order valence-corrected chi connectivity index (χ3v) is 4.61. The van der Waals surface area contributed by atoms with Crippen molar-refractivity contribution in [2.75, 3.05) is 19.6 Å². The van der Waals surface area contributed by atoms with Crippen LogP contribution in [0.15, 0.2) is 24.3 Å². The monoisotopic (exact) mass is 334 g/mol. The quantitative estimate of drug-likeness (QED) is 0.847. The largest absolute Gasteiger partial charge is 0.372 e. The van der Waals surface area contributed by atoms with Crippen LogP contribution < -0.4 is 0 Å². The summed E-state index contributed by atoms with van der Waals surface area (Å²) >= 11 is 0. The first-order valence-electron chi connectivity index (χ1n) is 8.39. The zero-order chi connectivity index (χ0) is 17.3. The summed E-state index contributed by atoms with van der Waals surface area (Å²) in [5.41, 5.74) is 0.479. The van der Waals surface area contributed by atoms with E-state index in [0.29, 0.717) is 25.2 Å². The van der Waals surface area contributed by atoms with Gasteiger partial charge in [0, 0.05) is 38.2 Å². The highest BCUT2D eigenvalue weighted by Gasteiger charge is 2.38. The van der Waals surface area contributed by atoms with E-state index in [-0.39, 0.29) is 48.7 Å². The van der Waals surface area contributed by atoms with Crippen LogP contribution in [0.2, 0.25) is 0 Å². The van der Waals surface area contributed by atoms with Gasteiger partial charge in [0.1, 0.15) is 5.82 Å². The molecule has 2 aliphatic rings. The fourth-order valence-corrected chi connectivity index (χ4v) is 3.54. The molecule has 0 saturated carbocycles. The van der Waals surface area contributed by atoms with Crippen LogP contribution in [0.25, 0.3) is 0 Å². The highest BCUT2D eigenvalue weighted by atomic mass is 19.1. The molecule has 5 nitrogen and oxygen atoms in total. The number of amides is 2. The van der Waals surface area contributed by atoms with E-state index >= 15 is 0 Å². The number of rotatable bonds is 3. The maximum absolute atomic E-state index is 13.8. The molecule has 1 aromatic rings. The number of likely N-dealkylation sites (tertiary alicyclic amines) is 1. The van der Waals surface area contributed by atoms with Gasteiger partial charge >= 0.3 is 0 Å². The number of hydrogen-bond acceptors (Lipinski definition) is 3. The molecular formula is C18H23FN2O3. The molecule has 3 atom stereocenters. The lowest BCUT2D eigenvalue weighted by Crippen LogP contribution is -2.50. The van der Waals surface area contributed by atoms with Crippen molar-refractivity contribution in [3.63, 3.8) is 0 Å². The van der Waals surface area contributed by atoms with Gasteiger partial charge < -0.3 is 14.5 Å². The molecule has 130 valence electrons. The fourth-order valence-electron chi connectivity index (χ4n) is 3.54. The average molecular weight is 334 g/mol. The van der Waals surface area contributed by atoms with Crippen molar-refractivity contribution < 1.29 is 18.7 Å². The summed E-state index contributed by atoms with van der Waals surface area (Å²) in [7, 11) is 0. The predicted octanol–water partition coefficient (Wildman–Crippen LogP) is 1.81. The number of carbonyl (C=O) groups is 2. The van der Waals surface area contributed by atoms with E-state index in [1.54, 1.807) is 28.0 Å². The highest BCUT2D eigenvalue weighted by molar-refractivity contribution is 5.89. The Kier molecular flexibility index (Phi) is 4.85. The minimum atomic E-state index is -0.346. The number of nitrogens with zero attached hydrogens (tertiary/aromatic N) is 2. The van der Waals surface area contributed by atoms with Gasteiger partial charge in [-0.05, 0) is 19.9 Å². The molecule has 6 heteroatoms. The topological polar surface area (TPSA) is 49.9 Å². The molecule has 0 spiro atoms. The Hall–Kier alpha value is -1.95. The zero-order valence-electron chi connectivity index (χ0n) is 14.1. The lowest BCUT2D eigenvalue weighted by molar-refractivity contribution is -0.147. The molecule has 2 amide bonds. The van der Waals surface area contributed by atoms with E-state index in [0.717, 1.165) is 0 Å². The lowest BCUT2D eigenvalue weighted by atomic mass is 10.1. The third-order valence-electron chi connectivity index (χ3n) is 4.61. The first-order valence-corrected chi connectivity index (χ1v) is 8.39. The first kappa shape index (κ1) is 16.9. The van der Waals surface area contributed by atoms with Crippen LogP contribution in [0.3, 0.4) is 0 Å². The molecule has 0 aromatic heterocycles. The fraction of sp³-hybridized carbons (Fsp3) is 0.556. The zero-order valence-corrected chi connectivity index (χ0v) is 14.1. The van der Waals surface area contributed by atoms with Gasteiger partial charge in [-0.25, -0.2) is 4.39 Å². The van der Waals surface area contributed by atoms with Crippen molar-refractivity contribution in [3.05, 3.63) is 35.6 Å². The predicted molar refractivity (Wildman–Crippen MR) is 86.5 cm³/mol. The molecule has 24 heavy (non-hydrogen) atoms. The Balaban J connectivity index is 1.64. The van der Waals surface area contributed by atoms with Gasteiger partial charge in [0.05, 0.1) is 18.1 Å². The van der Waals surface area contributed by atoms with E-state index in [2.05, 4.69) is 0 Å². The summed E-state index contributed by atoms with van der Waals surface area (Å²) in [5, 5.41) is 0. The van der Waals surface area contributed by atoms with Gasteiger partial charge in [0.25, 0.3) is 0 Å². The van der Waals surface area contributed by atoms with Crippen LogP contribution in [0.5, 0.6) is 0 Å². The normalized spacial score (nSPS) is 27.6. The Bertz CT molecular complexity index is 626. The first-order chi connectivity index (χ1) is 11.4. The Morgan fingerprint density at radius 3 is 2.54 bits per heavy atom. The summed E-state index contributed by atoms with van der Waals surface area (Å²) in [6.45, 7) is 5.57. The SMILES string of the molecule is CC1CN(C(=O)C2CC(=O)N(Cc3ccccc3F)C2)CC(C)O1. The van der Waals surface area contributed by atoms with E-state index in [1.807, 2.05) is 13.8 Å². The molecule has 0 radical (unpaired) electrons. The van der Waals surface area contributed by atoms with E-state index < -0.39 is 0 Å². The molecule has 2 saturated heterocycles. The van der Waals surface area contributed by atoms with Gasteiger partial charge in [-0.15, -0.1) is 0 Å². The minimum absolute atomic E-state index is 0.00128. The molecular weight excluding hydrogens is 311 g/mol. The number of hydrogen-bond donors (Lipinski definition) is 0. The maximum atomic E-state index is 13.8. The number of benzene rings is 1. The van der Waals surface area contributed by atoms with Crippen molar-refractivity contribution in [2.24, 2.45) is 5.92 Å². The Morgan fingerprint density at radius 1 is 1.21 bits per heavy atom. The van der Waals surface area contributed by atoms with Crippen LogP contribution in [-0.4, -0.2) is 53.5 Å². The van der Waals surface area contributed by atoms with E-state index in [9.17, 15) is 14.0 Å². The van der Waals surface area contributed by atoms with Crippen molar-refractivity contribution in [3.8, 4) is 0 Å². The Morgan fingerprint density at radius 2 is 1.88 bits per heavy atom. The highest BCUT2D eigenvalue weighted by Crippen LogP contribution is 2.24. The second-order valence-electron chi connectivity index (χ2n) is 6.77. The van der Waals surface area contributed by atoms with E-state index in [1.165, 1.54) is 6.07 Å². The van der Waals surface area contributed by atoms with Crippen molar-refractivity contribution in [2.45, 2.75) is 39.0 Å². The summed E-state index contributed by atoms with van der Waals surface area (Å²) < 4.78 is 19.4. The summed E-state index contributed by atoms with van der Waals surface area (Å²) in [5.74, 6) is -0.759. The van der Waals surface area contributed by atoms with Crippen molar-refractivity contribution in [1.82, 2.24) is 9.80 Å².